The molecule has 2 aromatic carbocycles. The molecule has 0 radical (unpaired) electrons. The highest BCUT2D eigenvalue weighted by atomic mass is 31.2. The number of hydrogen-bond donors (Lipinski definition) is 2. The van der Waals surface area contributed by atoms with Crippen LogP contribution < -0.4 is 10.2 Å². The van der Waals surface area contributed by atoms with Gasteiger partial charge in [0.2, 0.25) is 11.2 Å². The van der Waals surface area contributed by atoms with E-state index in [0.717, 1.165) is 0 Å². The molecule has 0 aliphatic carbocycles. The van der Waals surface area contributed by atoms with Crippen LogP contribution in [0.3, 0.4) is 0 Å². The first-order valence-corrected chi connectivity index (χ1v) is 10.7. The summed E-state index contributed by atoms with van der Waals surface area (Å²) in [5, 5.41) is 20.3. The molecule has 9 heteroatoms. The van der Waals surface area contributed by atoms with Crippen LogP contribution in [0.1, 0.15) is 13.8 Å². The van der Waals surface area contributed by atoms with Gasteiger partial charge in [-0.15, -0.1) is 0 Å². The van der Waals surface area contributed by atoms with Crippen molar-refractivity contribution in [2.45, 2.75) is 13.8 Å². The van der Waals surface area contributed by atoms with Gasteiger partial charge in [0.05, 0.1) is 13.2 Å². The third-order valence-electron chi connectivity index (χ3n) is 3.99. The van der Waals surface area contributed by atoms with E-state index >= 15 is 0 Å². The van der Waals surface area contributed by atoms with Crippen LogP contribution in [0.4, 0.5) is 0 Å². The molecule has 3 rings (SSSR count). The van der Waals surface area contributed by atoms with Gasteiger partial charge in [-0.1, -0.05) is 30.3 Å². The number of benzene rings is 2. The number of aromatic hydroxyl groups is 2. The first-order chi connectivity index (χ1) is 13.9. The van der Waals surface area contributed by atoms with E-state index in [9.17, 15) is 19.6 Å². The first-order valence-electron chi connectivity index (χ1n) is 8.97. The fourth-order valence-electron chi connectivity index (χ4n) is 2.81. The van der Waals surface area contributed by atoms with Crippen LogP contribution in [0.2, 0.25) is 0 Å². The maximum Gasteiger partial charge on any atom is 0.367 e. The summed E-state index contributed by atoms with van der Waals surface area (Å²) in [5.41, 5.74) is -0.251. The van der Waals surface area contributed by atoms with Crippen molar-refractivity contribution in [3.63, 3.8) is 0 Å². The molecule has 0 amide bonds. The molecule has 8 nitrogen and oxygen atoms in total. The topological polar surface area (TPSA) is 115 Å². The summed E-state index contributed by atoms with van der Waals surface area (Å²) in [6.07, 6.45) is -0.478. The van der Waals surface area contributed by atoms with E-state index in [0.29, 0.717) is 5.56 Å². The smallest absolute Gasteiger partial charge is 0.367 e. The molecular formula is C20H21O8P. The van der Waals surface area contributed by atoms with Gasteiger partial charge in [-0.25, -0.2) is 0 Å². The Morgan fingerprint density at radius 1 is 1.03 bits per heavy atom. The van der Waals surface area contributed by atoms with Crippen molar-refractivity contribution in [2.75, 3.05) is 19.6 Å². The van der Waals surface area contributed by atoms with Crippen molar-refractivity contribution < 1.29 is 33.0 Å². The summed E-state index contributed by atoms with van der Waals surface area (Å²) in [6, 6.07) is 11.0. The minimum atomic E-state index is -3.56. The number of fused-ring (bicyclic) bond motifs is 1. The maximum atomic E-state index is 12.8. The molecule has 0 unspecified atom stereocenters. The Hall–Kier alpha value is -2.80. The van der Waals surface area contributed by atoms with Crippen LogP contribution in [0.5, 0.6) is 17.2 Å². The van der Waals surface area contributed by atoms with Gasteiger partial charge in [0.25, 0.3) is 0 Å². The molecule has 0 fully saturated rings. The fourth-order valence-corrected chi connectivity index (χ4v) is 4.12. The highest BCUT2D eigenvalue weighted by Crippen LogP contribution is 2.48. The summed E-state index contributed by atoms with van der Waals surface area (Å²) in [4.78, 5) is 12.8. The zero-order valence-electron chi connectivity index (χ0n) is 16.0. The van der Waals surface area contributed by atoms with Gasteiger partial charge in [-0.3, -0.25) is 9.36 Å². The fraction of sp³-hybridized carbons (Fsp3) is 0.250. The summed E-state index contributed by atoms with van der Waals surface area (Å²) >= 11 is 0. The average molecular weight is 420 g/mol. The van der Waals surface area contributed by atoms with E-state index in [1.807, 2.05) is 0 Å². The van der Waals surface area contributed by atoms with Crippen molar-refractivity contribution >= 4 is 18.6 Å². The number of phenols is 1. The van der Waals surface area contributed by atoms with Crippen LogP contribution in [0, 0.1) is 0 Å². The number of hydrogen-bond acceptors (Lipinski definition) is 8. The molecule has 2 N–H and O–H groups in total. The summed E-state index contributed by atoms with van der Waals surface area (Å²) in [5.74, 6) is -0.975. The highest BCUT2D eigenvalue weighted by molar-refractivity contribution is 7.53. The van der Waals surface area contributed by atoms with Crippen LogP contribution >= 0.6 is 7.60 Å². The van der Waals surface area contributed by atoms with E-state index in [1.54, 1.807) is 44.2 Å². The summed E-state index contributed by atoms with van der Waals surface area (Å²) in [7, 11) is -3.56. The van der Waals surface area contributed by atoms with Crippen molar-refractivity contribution in [3.8, 4) is 28.6 Å². The molecule has 1 aromatic heterocycles. The Kier molecular flexibility index (Phi) is 6.27. The second kappa shape index (κ2) is 8.69. The second-order valence-electron chi connectivity index (χ2n) is 6.01. The zero-order valence-corrected chi connectivity index (χ0v) is 16.8. The predicted molar refractivity (Wildman–Crippen MR) is 108 cm³/mol. The van der Waals surface area contributed by atoms with Gasteiger partial charge in [0.1, 0.15) is 22.5 Å². The molecule has 3 aromatic rings. The van der Waals surface area contributed by atoms with Crippen LogP contribution in [0.25, 0.3) is 22.3 Å². The minimum absolute atomic E-state index is 0.00399. The number of rotatable bonds is 8. The molecule has 0 saturated carbocycles. The van der Waals surface area contributed by atoms with E-state index in [2.05, 4.69) is 0 Å². The average Bonchev–Trinajstić information content (AvgIpc) is 2.69. The number of phenolic OH excluding ortho intramolecular Hbond substituents is 1. The monoisotopic (exact) mass is 420 g/mol. The van der Waals surface area contributed by atoms with Gasteiger partial charge in [-0.2, -0.15) is 0 Å². The van der Waals surface area contributed by atoms with Gasteiger partial charge < -0.3 is 28.4 Å². The molecular weight excluding hydrogens is 399 g/mol. The van der Waals surface area contributed by atoms with Crippen molar-refractivity contribution in [3.05, 3.63) is 52.7 Å². The molecule has 0 aliphatic heterocycles. The first kappa shape index (κ1) is 20.9. The maximum absolute atomic E-state index is 12.8. The third-order valence-corrected chi connectivity index (χ3v) is 5.73. The largest absolute Gasteiger partial charge is 0.508 e. The Balaban J connectivity index is 2.09. The summed E-state index contributed by atoms with van der Waals surface area (Å²) < 4.78 is 34.1. The lowest BCUT2D eigenvalue weighted by molar-refractivity contribution is 0.197. The zero-order chi connectivity index (χ0) is 21.0. The lowest BCUT2D eigenvalue weighted by atomic mass is 10.1. The Morgan fingerprint density at radius 2 is 1.69 bits per heavy atom. The van der Waals surface area contributed by atoms with Crippen LogP contribution in [0.15, 0.2) is 51.7 Å². The lowest BCUT2D eigenvalue weighted by Crippen LogP contribution is -2.09. The van der Waals surface area contributed by atoms with Gasteiger partial charge >= 0.3 is 7.60 Å². The van der Waals surface area contributed by atoms with E-state index in [4.69, 9.17) is 18.2 Å². The highest BCUT2D eigenvalue weighted by Gasteiger charge is 2.26. The second-order valence-corrected chi connectivity index (χ2v) is 8.01. The predicted octanol–water partition coefficient (Wildman–Crippen LogP) is 4.47. The van der Waals surface area contributed by atoms with Gasteiger partial charge in [0.15, 0.2) is 12.1 Å². The quantitative estimate of drug-likeness (QED) is 0.513. The molecule has 154 valence electrons. The standard InChI is InChI=1S/C20H21O8P/c1-3-26-29(24,27-4-2)12-25-15-10-14(21)11-16-17(15)18(22)19(23)20(28-16)13-8-6-5-7-9-13/h5-11,21,23H,3-4,12H2,1-2H3. The Bertz CT molecular complexity index is 1100. The third kappa shape index (κ3) is 4.45. The Labute approximate surface area is 166 Å². The lowest BCUT2D eigenvalue weighted by Gasteiger charge is -2.18. The van der Waals surface area contributed by atoms with E-state index in [1.165, 1.54) is 12.1 Å². The van der Waals surface area contributed by atoms with E-state index in [-0.39, 0.29) is 41.4 Å². The minimum Gasteiger partial charge on any atom is -0.508 e. The van der Waals surface area contributed by atoms with Crippen molar-refractivity contribution in [1.82, 2.24) is 0 Å². The normalized spacial score (nSPS) is 11.7. The SMILES string of the molecule is CCOP(=O)(COc1cc(O)cc2oc(-c3ccccc3)c(O)c(=O)c12)OCC. The molecule has 0 spiro atoms. The van der Waals surface area contributed by atoms with Crippen molar-refractivity contribution in [2.24, 2.45) is 0 Å². The van der Waals surface area contributed by atoms with Crippen molar-refractivity contribution in [1.29, 1.82) is 0 Å². The molecule has 1 heterocycles. The summed E-state index contributed by atoms with van der Waals surface area (Å²) in [6.45, 7) is 3.61. The van der Waals surface area contributed by atoms with Crippen LogP contribution in [-0.2, 0) is 13.6 Å². The molecule has 0 atom stereocenters. The molecule has 0 bridgehead atoms. The van der Waals surface area contributed by atoms with Gasteiger partial charge in [-0.05, 0) is 13.8 Å². The van der Waals surface area contributed by atoms with E-state index < -0.39 is 25.1 Å². The number of ether oxygens (including phenoxy) is 1. The van der Waals surface area contributed by atoms with Crippen LogP contribution in [-0.4, -0.2) is 29.8 Å². The van der Waals surface area contributed by atoms with Gasteiger partial charge in [0, 0.05) is 17.7 Å². The Morgan fingerprint density at radius 3 is 2.31 bits per heavy atom. The molecule has 0 saturated heterocycles. The molecule has 0 aliphatic rings. The molecule has 29 heavy (non-hydrogen) atoms.